The van der Waals surface area contributed by atoms with Crippen LogP contribution in [0.2, 0.25) is 0 Å². The number of carbonyl (C=O) groups is 2. The Morgan fingerprint density at radius 1 is 0.542 bits per heavy atom. The van der Waals surface area contributed by atoms with Crippen LogP contribution in [0.1, 0.15) is 20.7 Å². The van der Waals surface area contributed by atoms with Gasteiger partial charge >= 0.3 is 11.9 Å². The molecule has 4 aromatic rings. The summed E-state index contributed by atoms with van der Waals surface area (Å²) in [6, 6.07) is 18.4. The van der Waals surface area contributed by atoms with Crippen LogP contribution >= 0.6 is 0 Å². The van der Waals surface area contributed by atoms with E-state index >= 15 is 0 Å². The Hall–Kier alpha value is -3.40. The minimum atomic E-state index is -1.24. The van der Waals surface area contributed by atoms with Crippen molar-refractivity contribution in [1.82, 2.24) is 0 Å². The van der Waals surface area contributed by atoms with E-state index in [-0.39, 0.29) is 11.1 Å². The van der Waals surface area contributed by atoms with E-state index in [9.17, 15) is 19.8 Å². The van der Waals surface area contributed by atoms with Gasteiger partial charge in [0.05, 0.1) is 11.1 Å². The Bertz CT molecular complexity index is 1070. The van der Waals surface area contributed by atoms with Gasteiger partial charge in [-0.15, -0.1) is 0 Å². The van der Waals surface area contributed by atoms with Crippen LogP contribution in [0.15, 0.2) is 60.7 Å². The highest BCUT2D eigenvalue weighted by atomic mass is 16.4. The van der Waals surface area contributed by atoms with Crippen LogP contribution < -0.4 is 0 Å². The van der Waals surface area contributed by atoms with E-state index in [0.717, 1.165) is 32.3 Å². The summed E-state index contributed by atoms with van der Waals surface area (Å²) in [5.74, 6) is -2.49. The number of rotatable bonds is 2. The molecule has 0 amide bonds. The van der Waals surface area contributed by atoms with Gasteiger partial charge < -0.3 is 10.2 Å². The number of hydrogen-bond acceptors (Lipinski definition) is 2. The van der Waals surface area contributed by atoms with E-state index in [1.165, 1.54) is 12.1 Å². The average Bonchev–Trinajstić information content (AvgIpc) is 2.60. The maximum absolute atomic E-state index is 11.5. The van der Waals surface area contributed by atoms with Crippen LogP contribution in [0.5, 0.6) is 0 Å². The van der Waals surface area contributed by atoms with Gasteiger partial charge in [0.25, 0.3) is 0 Å². The minimum Gasteiger partial charge on any atom is -0.478 e. The molecule has 4 heteroatoms. The van der Waals surface area contributed by atoms with Crippen molar-refractivity contribution in [3.05, 3.63) is 71.8 Å². The first kappa shape index (κ1) is 14.2. The summed E-state index contributed by atoms with van der Waals surface area (Å²) < 4.78 is 0. The normalized spacial score (nSPS) is 11.2. The second kappa shape index (κ2) is 5.06. The third-order valence-corrected chi connectivity index (χ3v) is 4.34. The SMILES string of the molecule is O=C(O)c1cc2c3ccccc3c3ccccc3c2cc1C(=O)O. The molecule has 0 aliphatic rings. The van der Waals surface area contributed by atoms with Crippen LogP contribution in [0.3, 0.4) is 0 Å². The maximum Gasteiger partial charge on any atom is 0.336 e. The van der Waals surface area contributed by atoms with Crippen LogP contribution in [0.4, 0.5) is 0 Å². The third kappa shape index (κ3) is 1.93. The lowest BCUT2D eigenvalue weighted by Crippen LogP contribution is -2.08. The molecular weight excluding hydrogens is 304 g/mol. The highest BCUT2D eigenvalue weighted by Crippen LogP contribution is 2.36. The fourth-order valence-electron chi connectivity index (χ4n) is 3.30. The van der Waals surface area contributed by atoms with Gasteiger partial charge in [-0.25, -0.2) is 9.59 Å². The predicted octanol–water partition coefficient (Wildman–Crippen LogP) is 4.54. The minimum absolute atomic E-state index is 0.199. The van der Waals surface area contributed by atoms with Crippen LogP contribution in [0.25, 0.3) is 32.3 Å². The van der Waals surface area contributed by atoms with Gasteiger partial charge in [0.15, 0.2) is 0 Å². The van der Waals surface area contributed by atoms with Gasteiger partial charge in [-0.3, -0.25) is 0 Å². The van der Waals surface area contributed by atoms with Gasteiger partial charge in [-0.1, -0.05) is 48.5 Å². The zero-order chi connectivity index (χ0) is 16.8. The van der Waals surface area contributed by atoms with Gasteiger partial charge in [-0.05, 0) is 44.5 Å². The Morgan fingerprint density at radius 3 is 1.12 bits per heavy atom. The number of hydrogen-bond donors (Lipinski definition) is 2. The molecule has 0 aliphatic heterocycles. The van der Waals surface area contributed by atoms with Crippen LogP contribution in [0, 0.1) is 0 Å². The number of carboxylic acid groups (broad SMARTS) is 2. The van der Waals surface area contributed by atoms with E-state index in [4.69, 9.17) is 0 Å². The molecule has 0 saturated heterocycles. The lowest BCUT2D eigenvalue weighted by atomic mass is 9.91. The fraction of sp³-hybridized carbons (Fsp3) is 0. The van der Waals surface area contributed by atoms with Crippen molar-refractivity contribution in [3.8, 4) is 0 Å². The standard InChI is InChI=1S/C20H12O4/c21-19(22)17-9-15-13-7-3-1-5-11(13)12-6-2-4-8-14(12)16(15)10-18(17)20(23)24/h1-10H,(H,21,22)(H,23,24). The number of fused-ring (bicyclic) bond motifs is 6. The first-order chi connectivity index (χ1) is 11.6. The highest BCUT2D eigenvalue weighted by Gasteiger charge is 2.19. The summed E-state index contributed by atoms with van der Waals surface area (Å²) >= 11 is 0. The van der Waals surface area contributed by atoms with Gasteiger partial charge in [0.1, 0.15) is 0 Å². The number of carboxylic acids is 2. The molecule has 0 unspecified atom stereocenters. The summed E-state index contributed by atoms with van der Waals surface area (Å²) in [6.45, 7) is 0. The quantitative estimate of drug-likeness (QED) is 0.532. The topological polar surface area (TPSA) is 74.6 Å². The van der Waals surface area contributed by atoms with Gasteiger partial charge in [-0.2, -0.15) is 0 Å². The monoisotopic (exact) mass is 316 g/mol. The molecule has 24 heavy (non-hydrogen) atoms. The molecule has 0 bridgehead atoms. The highest BCUT2D eigenvalue weighted by molar-refractivity contribution is 6.26. The Kier molecular flexibility index (Phi) is 3.00. The van der Waals surface area contributed by atoms with Crippen LogP contribution in [-0.4, -0.2) is 22.2 Å². The van der Waals surface area contributed by atoms with E-state index in [2.05, 4.69) is 0 Å². The van der Waals surface area contributed by atoms with Gasteiger partial charge in [0, 0.05) is 0 Å². The first-order valence-corrected chi connectivity index (χ1v) is 7.41. The molecule has 0 aliphatic carbocycles. The van der Waals surface area contributed by atoms with Gasteiger partial charge in [0.2, 0.25) is 0 Å². The summed E-state index contributed by atoms with van der Waals surface area (Å²) in [6.07, 6.45) is 0. The van der Waals surface area contributed by atoms with Crippen LogP contribution in [-0.2, 0) is 0 Å². The molecule has 0 spiro atoms. The second-order valence-electron chi connectivity index (χ2n) is 5.64. The molecule has 0 heterocycles. The van der Waals surface area contributed by atoms with Crippen molar-refractivity contribution < 1.29 is 19.8 Å². The van der Waals surface area contributed by atoms with Crippen molar-refractivity contribution in [3.63, 3.8) is 0 Å². The van der Waals surface area contributed by atoms with Crippen molar-refractivity contribution in [2.75, 3.05) is 0 Å². The van der Waals surface area contributed by atoms with Crippen molar-refractivity contribution in [2.45, 2.75) is 0 Å². The maximum atomic E-state index is 11.5. The number of aromatic carboxylic acids is 2. The Balaban J connectivity index is 2.33. The molecule has 0 radical (unpaired) electrons. The predicted molar refractivity (Wildman–Crippen MR) is 92.9 cm³/mol. The lowest BCUT2D eigenvalue weighted by molar-refractivity contribution is 0.0652. The summed E-state index contributed by atoms with van der Waals surface area (Å²) in [5, 5.41) is 24.1. The first-order valence-electron chi connectivity index (χ1n) is 7.41. The van der Waals surface area contributed by atoms with E-state index in [1.54, 1.807) is 0 Å². The molecule has 4 nitrogen and oxygen atoms in total. The largest absolute Gasteiger partial charge is 0.478 e. The smallest absolute Gasteiger partial charge is 0.336 e. The summed E-state index contributed by atoms with van der Waals surface area (Å²) in [7, 11) is 0. The molecule has 0 fully saturated rings. The molecule has 4 aromatic carbocycles. The summed E-state index contributed by atoms with van der Waals surface area (Å²) in [4.78, 5) is 23.0. The zero-order valence-corrected chi connectivity index (χ0v) is 12.5. The van der Waals surface area contributed by atoms with E-state index < -0.39 is 11.9 Å². The Morgan fingerprint density at radius 2 is 0.833 bits per heavy atom. The molecule has 4 rings (SSSR count). The average molecular weight is 316 g/mol. The van der Waals surface area contributed by atoms with Crippen molar-refractivity contribution >= 4 is 44.3 Å². The zero-order valence-electron chi connectivity index (χ0n) is 12.5. The fourth-order valence-corrected chi connectivity index (χ4v) is 3.30. The Labute approximate surface area is 136 Å². The lowest BCUT2D eigenvalue weighted by Gasteiger charge is -2.12. The second-order valence-corrected chi connectivity index (χ2v) is 5.64. The van der Waals surface area contributed by atoms with Crippen molar-refractivity contribution in [2.24, 2.45) is 0 Å². The number of benzene rings is 4. The molecule has 0 atom stereocenters. The third-order valence-electron chi connectivity index (χ3n) is 4.34. The molecular formula is C20H12O4. The molecule has 116 valence electrons. The van der Waals surface area contributed by atoms with Crippen molar-refractivity contribution in [1.29, 1.82) is 0 Å². The van der Waals surface area contributed by atoms with E-state index in [0.29, 0.717) is 0 Å². The molecule has 2 N–H and O–H groups in total. The molecule has 0 saturated carbocycles. The summed E-state index contributed by atoms with van der Waals surface area (Å²) in [5.41, 5.74) is -0.397. The van der Waals surface area contributed by atoms with E-state index in [1.807, 2.05) is 48.5 Å². The molecule has 0 aromatic heterocycles.